The highest BCUT2D eigenvalue weighted by atomic mass is 35.5. The second-order valence-electron chi connectivity index (χ2n) is 6.16. The lowest BCUT2D eigenvalue weighted by Crippen LogP contribution is -2.16. The van der Waals surface area contributed by atoms with E-state index in [-0.39, 0.29) is 16.3 Å². The molecule has 1 amide bonds. The second-order valence-corrected chi connectivity index (χ2v) is 8.28. The van der Waals surface area contributed by atoms with Crippen molar-refractivity contribution < 1.29 is 22.3 Å². The molecule has 3 rings (SSSR count). The maximum atomic E-state index is 13.1. The van der Waals surface area contributed by atoms with Crippen molar-refractivity contribution >= 4 is 38.9 Å². The Bertz CT molecular complexity index is 1150. The molecule has 0 saturated heterocycles. The van der Waals surface area contributed by atoms with E-state index in [1.54, 1.807) is 31.2 Å². The minimum atomic E-state index is -3.98. The van der Waals surface area contributed by atoms with Crippen LogP contribution in [0.4, 0.5) is 15.8 Å². The molecule has 3 aromatic rings. The Morgan fingerprint density at radius 3 is 2.33 bits per heavy atom. The van der Waals surface area contributed by atoms with Gasteiger partial charge in [-0.25, -0.2) is 12.8 Å². The summed E-state index contributed by atoms with van der Waals surface area (Å²) in [5.41, 5.74) is 0.746. The molecule has 3 aromatic carbocycles. The Balaban J connectivity index is 1.90. The third-order valence-electron chi connectivity index (χ3n) is 4.01. The van der Waals surface area contributed by atoms with Gasteiger partial charge in [-0.05, 0) is 73.7 Å². The molecule has 0 bridgehead atoms. The van der Waals surface area contributed by atoms with Crippen molar-refractivity contribution in [3.8, 4) is 5.75 Å². The molecule has 0 fully saturated rings. The molecule has 0 aliphatic rings. The molecule has 0 aromatic heterocycles. The number of ether oxygens (including phenoxy) is 1. The first-order valence-electron chi connectivity index (χ1n) is 8.90. The molecule has 0 heterocycles. The van der Waals surface area contributed by atoms with Gasteiger partial charge < -0.3 is 10.1 Å². The Morgan fingerprint density at radius 1 is 1.03 bits per heavy atom. The summed E-state index contributed by atoms with van der Waals surface area (Å²) in [5.74, 6) is -0.611. The van der Waals surface area contributed by atoms with E-state index in [1.807, 2.05) is 0 Å². The van der Waals surface area contributed by atoms with Crippen LogP contribution in [0, 0.1) is 5.82 Å². The van der Waals surface area contributed by atoms with Gasteiger partial charge in [0.25, 0.3) is 15.9 Å². The molecular weight excluding hydrogens is 431 g/mol. The van der Waals surface area contributed by atoms with Crippen LogP contribution < -0.4 is 14.8 Å². The third kappa shape index (κ3) is 5.28. The highest BCUT2D eigenvalue weighted by molar-refractivity contribution is 7.92. The number of rotatable bonds is 7. The van der Waals surface area contributed by atoms with E-state index in [2.05, 4.69) is 10.0 Å². The molecule has 0 aliphatic heterocycles. The number of carbonyl (C=O) groups is 1. The van der Waals surface area contributed by atoms with Crippen molar-refractivity contribution in [1.29, 1.82) is 0 Å². The van der Waals surface area contributed by atoms with Crippen LogP contribution in [-0.2, 0) is 10.0 Å². The standard InChI is InChI=1S/C21H18ClFN2O4S/c1-2-29-20-12-11-18(30(27,28)25-17-9-7-16(23)8-10-17)13-19(20)24-21(26)14-3-5-15(22)6-4-14/h3-13,25H,2H2,1H3,(H,24,26). The van der Waals surface area contributed by atoms with Crippen LogP contribution in [0.5, 0.6) is 5.75 Å². The molecule has 0 radical (unpaired) electrons. The number of hydrogen-bond acceptors (Lipinski definition) is 4. The van der Waals surface area contributed by atoms with Crippen molar-refractivity contribution in [2.24, 2.45) is 0 Å². The fourth-order valence-corrected chi connectivity index (χ4v) is 3.79. The number of benzene rings is 3. The quantitative estimate of drug-likeness (QED) is 0.536. The zero-order valence-corrected chi connectivity index (χ0v) is 17.4. The summed E-state index contributed by atoms with van der Waals surface area (Å²) in [5, 5.41) is 3.15. The summed E-state index contributed by atoms with van der Waals surface area (Å²) in [7, 11) is -3.98. The number of halogens is 2. The normalized spacial score (nSPS) is 11.0. The smallest absolute Gasteiger partial charge is 0.261 e. The molecule has 30 heavy (non-hydrogen) atoms. The molecule has 0 atom stereocenters. The average Bonchev–Trinajstić information content (AvgIpc) is 2.71. The molecule has 0 unspecified atom stereocenters. The predicted octanol–water partition coefficient (Wildman–Crippen LogP) is 4.93. The summed E-state index contributed by atoms with van der Waals surface area (Å²) in [6.07, 6.45) is 0. The van der Waals surface area contributed by atoms with Crippen molar-refractivity contribution in [2.75, 3.05) is 16.6 Å². The third-order valence-corrected chi connectivity index (χ3v) is 5.64. The van der Waals surface area contributed by atoms with Gasteiger partial charge in [0.05, 0.1) is 17.2 Å². The van der Waals surface area contributed by atoms with Gasteiger partial charge in [0.1, 0.15) is 11.6 Å². The topological polar surface area (TPSA) is 84.5 Å². The minimum absolute atomic E-state index is 0.0957. The van der Waals surface area contributed by atoms with Crippen molar-refractivity contribution in [1.82, 2.24) is 0 Å². The van der Waals surface area contributed by atoms with E-state index < -0.39 is 21.7 Å². The summed E-state index contributed by atoms with van der Waals surface area (Å²) >= 11 is 5.84. The molecule has 0 aliphatic carbocycles. The molecule has 0 saturated carbocycles. The van der Waals surface area contributed by atoms with Crippen LogP contribution >= 0.6 is 11.6 Å². The maximum Gasteiger partial charge on any atom is 0.261 e. The van der Waals surface area contributed by atoms with E-state index in [4.69, 9.17) is 16.3 Å². The van der Waals surface area contributed by atoms with Crippen LogP contribution in [0.2, 0.25) is 5.02 Å². The second kappa shape index (κ2) is 9.15. The first kappa shape index (κ1) is 21.6. The van der Waals surface area contributed by atoms with Gasteiger partial charge in [0.15, 0.2) is 0 Å². The largest absolute Gasteiger partial charge is 0.492 e. The van der Waals surface area contributed by atoms with Gasteiger partial charge in [0, 0.05) is 16.3 Å². The zero-order valence-electron chi connectivity index (χ0n) is 15.9. The van der Waals surface area contributed by atoms with Crippen LogP contribution in [0.1, 0.15) is 17.3 Å². The first-order valence-corrected chi connectivity index (χ1v) is 10.8. The predicted molar refractivity (Wildman–Crippen MR) is 114 cm³/mol. The molecule has 2 N–H and O–H groups in total. The summed E-state index contributed by atoms with van der Waals surface area (Å²) in [6, 6.07) is 15.3. The minimum Gasteiger partial charge on any atom is -0.492 e. The lowest BCUT2D eigenvalue weighted by Gasteiger charge is -2.14. The Kier molecular flexibility index (Phi) is 6.59. The fourth-order valence-electron chi connectivity index (χ4n) is 2.58. The lowest BCUT2D eigenvalue weighted by molar-refractivity contribution is 0.102. The summed E-state index contributed by atoms with van der Waals surface area (Å²) in [4.78, 5) is 12.5. The Hall–Kier alpha value is -3.10. The lowest BCUT2D eigenvalue weighted by atomic mass is 10.2. The van der Waals surface area contributed by atoms with Crippen LogP contribution in [0.3, 0.4) is 0 Å². The number of nitrogens with one attached hydrogen (secondary N) is 2. The molecule has 9 heteroatoms. The highest BCUT2D eigenvalue weighted by Crippen LogP contribution is 2.29. The number of carbonyl (C=O) groups excluding carboxylic acids is 1. The fraction of sp³-hybridized carbons (Fsp3) is 0.0952. The number of hydrogen-bond donors (Lipinski definition) is 2. The molecule has 6 nitrogen and oxygen atoms in total. The Morgan fingerprint density at radius 2 is 1.70 bits per heavy atom. The van der Waals surface area contributed by atoms with E-state index in [0.717, 1.165) is 12.1 Å². The zero-order chi connectivity index (χ0) is 21.7. The molecular formula is C21H18ClFN2O4S. The number of amides is 1. The maximum absolute atomic E-state index is 13.1. The van der Waals surface area contributed by atoms with E-state index in [9.17, 15) is 17.6 Å². The van der Waals surface area contributed by atoms with Gasteiger partial charge in [0.2, 0.25) is 0 Å². The monoisotopic (exact) mass is 448 g/mol. The van der Waals surface area contributed by atoms with Gasteiger partial charge in [-0.15, -0.1) is 0 Å². The Labute approximate surface area is 178 Å². The average molecular weight is 449 g/mol. The first-order chi connectivity index (χ1) is 14.3. The van der Waals surface area contributed by atoms with Crippen molar-refractivity contribution in [2.45, 2.75) is 11.8 Å². The van der Waals surface area contributed by atoms with Gasteiger partial charge in [-0.1, -0.05) is 11.6 Å². The van der Waals surface area contributed by atoms with Crippen LogP contribution in [0.15, 0.2) is 71.6 Å². The van der Waals surface area contributed by atoms with E-state index in [0.29, 0.717) is 22.9 Å². The summed E-state index contributed by atoms with van der Waals surface area (Å²) < 4.78 is 46.4. The summed E-state index contributed by atoms with van der Waals surface area (Å²) in [6.45, 7) is 2.09. The number of sulfonamides is 1. The van der Waals surface area contributed by atoms with E-state index in [1.165, 1.54) is 30.3 Å². The van der Waals surface area contributed by atoms with Gasteiger partial charge in [-0.3, -0.25) is 9.52 Å². The molecule has 156 valence electrons. The van der Waals surface area contributed by atoms with Crippen molar-refractivity contribution in [3.63, 3.8) is 0 Å². The molecule has 0 spiro atoms. The van der Waals surface area contributed by atoms with Crippen LogP contribution in [0.25, 0.3) is 0 Å². The van der Waals surface area contributed by atoms with Gasteiger partial charge in [-0.2, -0.15) is 0 Å². The van der Waals surface area contributed by atoms with Gasteiger partial charge >= 0.3 is 0 Å². The highest BCUT2D eigenvalue weighted by Gasteiger charge is 2.18. The number of anilines is 2. The van der Waals surface area contributed by atoms with Crippen molar-refractivity contribution in [3.05, 3.63) is 83.1 Å². The SMILES string of the molecule is CCOc1ccc(S(=O)(=O)Nc2ccc(F)cc2)cc1NC(=O)c1ccc(Cl)cc1. The van der Waals surface area contributed by atoms with E-state index >= 15 is 0 Å². The van der Waals surface area contributed by atoms with Crippen LogP contribution in [-0.4, -0.2) is 20.9 Å².